The predicted octanol–water partition coefficient (Wildman–Crippen LogP) is 2.39. The first-order valence-electron chi connectivity index (χ1n) is 3.92. The molecule has 2 nitrogen and oxygen atoms in total. The Morgan fingerprint density at radius 2 is 2.25 bits per heavy atom. The molecule has 0 aliphatic carbocycles. The molecule has 0 saturated carbocycles. The molecule has 2 heteroatoms. The van der Waals surface area contributed by atoms with Gasteiger partial charge in [-0.25, -0.2) is 0 Å². The van der Waals surface area contributed by atoms with Crippen LogP contribution in [0.1, 0.15) is 5.56 Å². The Hall–Kier alpha value is -1.57. The lowest BCUT2D eigenvalue weighted by Gasteiger charge is -2.00. The van der Waals surface area contributed by atoms with Gasteiger partial charge >= 0.3 is 0 Å². The summed E-state index contributed by atoms with van der Waals surface area (Å²) in [5.41, 5.74) is 3.54. The summed E-state index contributed by atoms with van der Waals surface area (Å²) in [6.45, 7) is 2.08. The molecule has 2 aromatic heterocycles. The molecule has 1 N–H and O–H groups in total. The van der Waals surface area contributed by atoms with E-state index in [2.05, 4.69) is 16.9 Å². The minimum Gasteiger partial charge on any atom is -0.361 e. The number of aromatic amines is 1. The third-order valence-corrected chi connectivity index (χ3v) is 1.93. The number of aromatic nitrogens is 2. The largest absolute Gasteiger partial charge is 0.361 e. The van der Waals surface area contributed by atoms with E-state index in [0.717, 1.165) is 5.69 Å². The molecule has 0 saturated heterocycles. The molecule has 0 aromatic carbocycles. The third kappa shape index (κ3) is 1.11. The normalized spacial score (nSPS) is 10.1. The zero-order valence-electron chi connectivity index (χ0n) is 6.91. The Kier molecular flexibility index (Phi) is 1.67. The molecular formula is C10H10N2. The number of nitrogens with one attached hydrogen (secondary N) is 1. The molecule has 0 aliphatic heterocycles. The van der Waals surface area contributed by atoms with Gasteiger partial charge in [0.05, 0.1) is 0 Å². The highest BCUT2D eigenvalue weighted by atomic mass is 14.7. The predicted molar refractivity (Wildman–Crippen MR) is 48.8 cm³/mol. The van der Waals surface area contributed by atoms with Crippen LogP contribution >= 0.6 is 0 Å². The summed E-state index contributed by atoms with van der Waals surface area (Å²) < 4.78 is 0. The van der Waals surface area contributed by atoms with Crippen molar-refractivity contribution in [2.24, 2.45) is 0 Å². The molecule has 0 unspecified atom stereocenters. The number of nitrogens with zero attached hydrogens (tertiary/aromatic N) is 1. The van der Waals surface area contributed by atoms with Crippen LogP contribution in [0, 0.1) is 6.92 Å². The summed E-state index contributed by atoms with van der Waals surface area (Å²) in [5.74, 6) is 0. The monoisotopic (exact) mass is 158 g/mol. The molecule has 60 valence electrons. The lowest BCUT2D eigenvalue weighted by molar-refractivity contribution is 1.27. The average molecular weight is 158 g/mol. The maximum atomic E-state index is 4.08. The molecule has 0 atom stereocenters. The van der Waals surface area contributed by atoms with Crippen LogP contribution in [0.25, 0.3) is 11.3 Å². The first-order chi connectivity index (χ1) is 5.88. The van der Waals surface area contributed by atoms with E-state index in [1.807, 2.05) is 36.8 Å². The molecular weight excluding hydrogens is 148 g/mol. The van der Waals surface area contributed by atoms with Gasteiger partial charge in [0, 0.05) is 29.8 Å². The minimum absolute atomic E-state index is 1.13. The number of hydrogen-bond donors (Lipinski definition) is 1. The maximum absolute atomic E-state index is 4.08. The Morgan fingerprint density at radius 1 is 1.33 bits per heavy atom. The van der Waals surface area contributed by atoms with Crippen LogP contribution in [0.2, 0.25) is 0 Å². The van der Waals surface area contributed by atoms with E-state index in [4.69, 9.17) is 0 Å². The van der Waals surface area contributed by atoms with Crippen molar-refractivity contribution in [1.82, 2.24) is 9.97 Å². The SMILES string of the molecule is Cc1ccncc1-c1ccc[nH]1. The van der Waals surface area contributed by atoms with Crippen LogP contribution in [-0.2, 0) is 0 Å². The summed E-state index contributed by atoms with van der Waals surface area (Å²) in [5, 5.41) is 0. The highest BCUT2D eigenvalue weighted by Gasteiger charge is 1.99. The minimum atomic E-state index is 1.13. The van der Waals surface area contributed by atoms with Gasteiger partial charge < -0.3 is 4.98 Å². The van der Waals surface area contributed by atoms with Gasteiger partial charge in [0.1, 0.15) is 0 Å². The third-order valence-electron chi connectivity index (χ3n) is 1.93. The highest BCUT2D eigenvalue weighted by molar-refractivity contribution is 5.61. The van der Waals surface area contributed by atoms with Crippen molar-refractivity contribution >= 4 is 0 Å². The van der Waals surface area contributed by atoms with E-state index in [9.17, 15) is 0 Å². The maximum Gasteiger partial charge on any atom is 0.0472 e. The fourth-order valence-corrected chi connectivity index (χ4v) is 1.24. The number of aryl methyl sites for hydroxylation is 1. The van der Waals surface area contributed by atoms with E-state index in [0.29, 0.717) is 0 Å². The summed E-state index contributed by atoms with van der Waals surface area (Å²) in [6, 6.07) is 6.04. The molecule has 0 spiro atoms. The second-order valence-electron chi connectivity index (χ2n) is 2.77. The summed E-state index contributed by atoms with van der Waals surface area (Å²) >= 11 is 0. The molecule has 2 aromatic rings. The topological polar surface area (TPSA) is 28.7 Å². The Morgan fingerprint density at radius 3 is 2.92 bits per heavy atom. The van der Waals surface area contributed by atoms with Gasteiger partial charge in [0.15, 0.2) is 0 Å². The first kappa shape index (κ1) is 7.10. The fourth-order valence-electron chi connectivity index (χ4n) is 1.24. The van der Waals surface area contributed by atoms with Gasteiger partial charge in [-0.3, -0.25) is 4.98 Å². The van der Waals surface area contributed by atoms with Crippen LogP contribution in [0.15, 0.2) is 36.8 Å². The number of pyridine rings is 1. The second kappa shape index (κ2) is 2.81. The summed E-state index contributed by atoms with van der Waals surface area (Å²) in [4.78, 5) is 7.24. The summed E-state index contributed by atoms with van der Waals surface area (Å²) in [6.07, 6.45) is 5.60. The van der Waals surface area contributed by atoms with E-state index in [1.165, 1.54) is 11.1 Å². The van der Waals surface area contributed by atoms with Gasteiger partial charge in [0.2, 0.25) is 0 Å². The zero-order chi connectivity index (χ0) is 8.39. The van der Waals surface area contributed by atoms with Crippen molar-refractivity contribution in [3.63, 3.8) is 0 Å². The molecule has 12 heavy (non-hydrogen) atoms. The molecule has 0 aliphatic rings. The van der Waals surface area contributed by atoms with Gasteiger partial charge in [-0.05, 0) is 30.7 Å². The smallest absolute Gasteiger partial charge is 0.0472 e. The Balaban J connectivity index is 2.55. The van der Waals surface area contributed by atoms with Crippen molar-refractivity contribution < 1.29 is 0 Å². The van der Waals surface area contributed by atoms with E-state index in [1.54, 1.807) is 0 Å². The Labute approximate surface area is 71.3 Å². The van der Waals surface area contributed by atoms with Crippen LogP contribution in [0.4, 0.5) is 0 Å². The quantitative estimate of drug-likeness (QED) is 0.678. The van der Waals surface area contributed by atoms with Gasteiger partial charge in [0.25, 0.3) is 0 Å². The number of H-pyrrole nitrogens is 1. The lowest BCUT2D eigenvalue weighted by Crippen LogP contribution is -1.83. The molecule has 0 bridgehead atoms. The standard InChI is InChI=1S/C10H10N2/c1-8-4-6-11-7-9(8)10-3-2-5-12-10/h2-7,12H,1H3. The van der Waals surface area contributed by atoms with Crippen molar-refractivity contribution in [2.75, 3.05) is 0 Å². The van der Waals surface area contributed by atoms with Crippen LogP contribution < -0.4 is 0 Å². The van der Waals surface area contributed by atoms with E-state index in [-0.39, 0.29) is 0 Å². The van der Waals surface area contributed by atoms with E-state index < -0.39 is 0 Å². The average Bonchev–Trinajstić information content (AvgIpc) is 2.57. The number of hydrogen-bond acceptors (Lipinski definition) is 1. The fraction of sp³-hybridized carbons (Fsp3) is 0.100. The first-order valence-corrected chi connectivity index (χ1v) is 3.92. The van der Waals surface area contributed by atoms with Crippen LogP contribution in [-0.4, -0.2) is 9.97 Å². The van der Waals surface area contributed by atoms with Gasteiger partial charge in [-0.2, -0.15) is 0 Å². The van der Waals surface area contributed by atoms with Crippen LogP contribution in [0.3, 0.4) is 0 Å². The molecule has 2 heterocycles. The van der Waals surface area contributed by atoms with Crippen molar-refractivity contribution in [2.45, 2.75) is 6.92 Å². The van der Waals surface area contributed by atoms with Gasteiger partial charge in [-0.15, -0.1) is 0 Å². The lowest BCUT2D eigenvalue weighted by atomic mass is 10.1. The molecule has 0 radical (unpaired) electrons. The Bertz CT molecular complexity index is 363. The van der Waals surface area contributed by atoms with E-state index >= 15 is 0 Å². The highest BCUT2D eigenvalue weighted by Crippen LogP contribution is 2.19. The van der Waals surface area contributed by atoms with Crippen molar-refractivity contribution in [3.05, 3.63) is 42.4 Å². The van der Waals surface area contributed by atoms with Crippen molar-refractivity contribution in [1.29, 1.82) is 0 Å². The number of rotatable bonds is 1. The zero-order valence-corrected chi connectivity index (χ0v) is 6.91. The second-order valence-corrected chi connectivity index (χ2v) is 2.77. The molecule has 0 amide bonds. The van der Waals surface area contributed by atoms with Crippen molar-refractivity contribution in [3.8, 4) is 11.3 Å². The van der Waals surface area contributed by atoms with Crippen LogP contribution in [0.5, 0.6) is 0 Å². The molecule has 0 fully saturated rings. The van der Waals surface area contributed by atoms with Gasteiger partial charge in [-0.1, -0.05) is 0 Å². The summed E-state index contributed by atoms with van der Waals surface area (Å²) in [7, 11) is 0. The molecule has 2 rings (SSSR count).